The maximum absolute atomic E-state index is 13.6. The third-order valence-electron chi connectivity index (χ3n) is 7.52. The molecule has 0 spiro atoms. The number of para-hydroxylation sites is 2. The Bertz CT molecular complexity index is 1630. The lowest BCUT2D eigenvalue weighted by molar-refractivity contribution is -0.126. The molecule has 1 unspecified atom stereocenters. The molecule has 2 amide bonds. The van der Waals surface area contributed by atoms with E-state index < -0.39 is 6.04 Å². The Morgan fingerprint density at radius 2 is 1.69 bits per heavy atom. The summed E-state index contributed by atoms with van der Waals surface area (Å²) in [6.45, 7) is 0.511. The highest BCUT2D eigenvalue weighted by molar-refractivity contribution is 6.03. The van der Waals surface area contributed by atoms with Crippen molar-refractivity contribution in [2.75, 3.05) is 6.54 Å². The number of nitrogens with zero attached hydrogens (tertiary/aromatic N) is 1. The van der Waals surface area contributed by atoms with Gasteiger partial charge in [-0.2, -0.15) is 0 Å². The van der Waals surface area contributed by atoms with Gasteiger partial charge in [-0.3, -0.25) is 9.59 Å². The lowest BCUT2D eigenvalue weighted by atomic mass is 9.90. The largest absolute Gasteiger partial charge is 0.361 e. The lowest BCUT2D eigenvalue weighted by Crippen LogP contribution is -2.52. The molecule has 2 aliphatic rings. The Kier molecular flexibility index (Phi) is 4.36. The molecule has 6 heteroatoms. The number of aromatic nitrogens is 2. The molecule has 0 bridgehead atoms. The number of hydrogen-bond acceptors (Lipinski definition) is 2. The highest BCUT2D eigenvalue weighted by Gasteiger charge is 2.48. The third-order valence-corrected chi connectivity index (χ3v) is 7.52. The van der Waals surface area contributed by atoms with Crippen LogP contribution in [0.3, 0.4) is 0 Å². The van der Waals surface area contributed by atoms with Crippen LogP contribution in [0.15, 0.2) is 79.0 Å². The van der Waals surface area contributed by atoms with Gasteiger partial charge in [-0.25, -0.2) is 0 Å². The summed E-state index contributed by atoms with van der Waals surface area (Å²) in [7, 11) is 0. The normalized spacial score (nSPS) is 18.5. The van der Waals surface area contributed by atoms with E-state index in [0.29, 0.717) is 18.5 Å². The second kappa shape index (κ2) is 7.60. The van der Waals surface area contributed by atoms with Gasteiger partial charge in [0.15, 0.2) is 0 Å². The Labute approximate surface area is 202 Å². The Morgan fingerprint density at radius 1 is 0.943 bits per heavy atom. The molecular formula is C29H24N4O2. The summed E-state index contributed by atoms with van der Waals surface area (Å²) in [5, 5.41) is 5.42. The monoisotopic (exact) mass is 460 g/mol. The fourth-order valence-corrected chi connectivity index (χ4v) is 5.91. The maximum atomic E-state index is 13.6. The number of carbonyl (C=O) groups excluding carboxylic acids is 2. The topological polar surface area (TPSA) is 81.0 Å². The first-order valence-electron chi connectivity index (χ1n) is 12.0. The molecule has 172 valence electrons. The van der Waals surface area contributed by atoms with E-state index in [0.717, 1.165) is 39.7 Å². The van der Waals surface area contributed by atoms with Crippen molar-refractivity contribution in [3.8, 4) is 0 Å². The van der Waals surface area contributed by atoms with Crippen LogP contribution in [-0.2, 0) is 17.6 Å². The maximum Gasteiger partial charge on any atom is 0.255 e. The van der Waals surface area contributed by atoms with Crippen LogP contribution in [0, 0.1) is 0 Å². The Balaban J connectivity index is 1.21. The van der Waals surface area contributed by atoms with E-state index in [2.05, 4.69) is 39.6 Å². The van der Waals surface area contributed by atoms with Crippen molar-refractivity contribution in [3.63, 3.8) is 0 Å². The first-order valence-corrected chi connectivity index (χ1v) is 12.0. The van der Waals surface area contributed by atoms with E-state index in [4.69, 9.17) is 0 Å². The number of nitrogens with one attached hydrogen (secondary N) is 3. The SMILES string of the molecule is O=C(NCCc1c[nH]c2ccccc12)[C@@H]1Cc2c([nH]c3ccccc23)C2c3ccccc3C(=O)N21. The van der Waals surface area contributed by atoms with E-state index in [-0.39, 0.29) is 17.9 Å². The molecule has 2 atom stereocenters. The molecule has 7 rings (SSSR count). The molecule has 4 heterocycles. The molecule has 0 radical (unpaired) electrons. The molecule has 35 heavy (non-hydrogen) atoms. The van der Waals surface area contributed by atoms with E-state index in [1.54, 1.807) is 4.90 Å². The molecule has 2 aliphatic heterocycles. The average molecular weight is 461 g/mol. The summed E-state index contributed by atoms with van der Waals surface area (Å²) in [6.07, 6.45) is 3.22. The molecule has 6 nitrogen and oxygen atoms in total. The van der Waals surface area contributed by atoms with Crippen LogP contribution in [-0.4, -0.2) is 39.3 Å². The van der Waals surface area contributed by atoms with Crippen LogP contribution in [0.4, 0.5) is 0 Å². The smallest absolute Gasteiger partial charge is 0.255 e. The third kappa shape index (κ3) is 2.96. The number of carbonyl (C=O) groups is 2. The predicted octanol–water partition coefficient (Wildman–Crippen LogP) is 4.48. The predicted molar refractivity (Wildman–Crippen MR) is 135 cm³/mol. The number of benzene rings is 3. The van der Waals surface area contributed by atoms with Gasteiger partial charge in [0, 0.05) is 52.2 Å². The summed E-state index contributed by atoms with van der Waals surface area (Å²) in [5.41, 5.74) is 7.09. The summed E-state index contributed by atoms with van der Waals surface area (Å²) in [4.78, 5) is 35.7. The highest BCUT2D eigenvalue weighted by atomic mass is 16.2. The van der Waals surface area contributed by atoms with E-state index >= 15 is 0 Å². The van der Waals surface area contributed by atoms with E-state index in [9.17, 15) is 9.59 Å². The minimum Gasteiger partial charge on any atom is -0.361 e. The van der Waals surface area contributed by atoms with Crippen LogP contribution < -0.4 is 5.32 Å². The molecule has 0 saturated carbocycles. The quantitative estimate of drug-likeness (QED) is 0.370. The van der Waals surface area contributed by atoms with Gasteiger partial charge in [-0.05, 0) is 41.3 Å². The molecule has 3 aromatic carbocycles. The van der Waals surface area contributed by atoms with Crippen molar-refractivity contribution < 1.29 is 9.59 Å². The molecule has 2 aromatic heterocycles. The van der Waals surface area contributed by atoms with Gasteiger partial charge in [0.05, 0.1) is 6.04 Å². The zero-order chi connectivity index (χ0) is 23.5. The van der Waals surface area contributed by atoms with Crippen LogP contribution in [0.2, 0.25) is 0 Å². The van der Waals surface area contributed by atoms with Gasteiger partial charge >= 0.3 is 0 Å². The zero-order valence-electron chi connectivity index (χ0n) is 19.0. The number of aromatic amines is 2. The average Bonchev–Trinajstić information content (AvgIpc) is 3.56. The first kappa shape index (κ1) is 20.1. The molecular weight excluding hydrogens is 436 g/mol. The lowest BCUT2D eigenvalue weighted by Gasteiger charge is -2.37. The Hall–Kier alpha value is -4.32. The molecule has 0 fully saturated rings. The number of hydrogen-bond donors (Lipinski definition) is 3. The molecule has 0 aliphatic carbocycles. The van der Waals surface area contributed by atoms with Crippen molar-refractivity contribution in [3.05, 3.63) is 107 Å². The van der Waals surface area contributed by atoms with Gasteiger partial charge in [0.1, 0.15) is 6.04 Å². The number of H-pyrrole nitrogens is 2. The number of amides is 2. The van der Waals surface area contributed by atoms with E-state index in [1.165, 1.54) is 10.9 Å². The standard InChI is InChI=1S/C29H24N4O2/c34-28(30-14-13-17-16-31-23-11-5-3-7-18(17)23)25-15-22-19-8-4-6-12-24(19)32-26(22)27-20-9-1-2-10-21(20)29(35)33(25)27/h1-12,16,25,27,31-32H,13-15H2,(H,30,34)/t25-,27?/m0/s1. The van der Waals surface area contributed by atoms with Gasteiger partial charge in [0.25, 0.3) is 5.91 Å². The van der Waals surface area contributed by atoms with Crippen molar-refractivity contribution >= 4 is 33.6 Å². The summed E-state index contributed by atoms with van der Waals surface area (Å²) >= 11 is 0. The molecule has 0 saturated heterocycles. The molecule has 3 N–H and O–H groups in total. The van der Waals surface area contributed by atoms with Crippen molar-refractivity contribution in [2.24, 2.45) is 0 Å². The number of fused-ring (bicyclic) bond motifs is 8. The minimum absolute atomic E-state index is 0.0771. The van der Waals surface area contributed by atoms with Crippen molar-refractivity contribution in [1.82, 2.24) is 20.2 Å². The van der Waals surface area contributed by atoms with Crippen molar-refractivity contribution in [2.45, 2.75) is 24.9 Å². The van der Waals surface area contributed by atoms with Crippen molar-refractivity contribution in [1.29, 1.82) is 0 Å². The van der Waals surface area contributed by atoms with E-state index in [1.807, 2.05) is 54.7 Å². The van der Waals surface area contributed by atoms with Crippen LogP contribution in [0.25, 0.3) is 21.8 Å². The second-order valence-corrected chi connectivity index (χ2v) is 9.39. The number of rotatable bonds is 4. The van der Waals surface area contributed by atoms with Crippen LogP contribution in [0.1, 0.15) is 38.8 Å². The minimum atomic E-state index is -0.561. The summed E-state index contributed by atoms with van der Waals surface area (Å²) < 4.78 is 0. The van der Waals surface area contributed by atoms with Gasteiger partial charge in [0.2, 0.25) is 5.91 Å². The fourth-order valence-electron chi connectivity index (χ4n) is 5.91. The highest BCUT2D eigenvalue weighted by Crippen LogP contribution is 2.46. The fraction of sp³-hybridized carbons (Fsp3) is 0.172. The van der Waals surface area contributed by atoms with Gasteiger partial charge < -0.3 is 20.2 Å². The Morgan fingerprint density at radius 3 is 2.57 bits per heavy atom. The van der Waals surface area contributed by atoms with Gasteiger partial charge in [-0.15, -0.1) is 0 Å². The van der Waals surface area contributed by atoms with Crippen LogP contribution in [0.5, 0.6) is 0 Å². The van der Waals surface area contributed by atoms with Crippen LogP contribution >= 0.6 is 0 Å². The summed E-state index contributed by atoms with van der Waals surface area (Å²) in [6, 6.07) is 23.2. The first-order chi connectivity index (χ1) is 17.2. The zero-order valence-corrected chi connectivity index (χ0v) is 19.0. The van der Waals surface area contributed by atoms with Gasteiger partial charge in [-0.1, -0.05) is 54.6 Å². The molecule has 5 aromatic rings. The summed E-state index contributed by atoms with van der Waals surface area (Å²) in [5.74, 6) is -0.182. The second-order valence-electron chi connectivity index (χ2n) is 9.39.